The highest BCUT2D eigenvalue weighted by molar-refractivity contribution is 9.10. The van der Waals surface area contributed by atoms with Crippen LogP contribution in [-0.4, -0.2) is 33.0 Å². The zero-order valence-electron chi connectivity index (χ0n) is 11.5. The highest BCUT2D eigenvalue weighted by atomic mass is 79.9. The summed E-state index contributed by atoms with van der Waals surface area (Å²) in [6.45, 7) is 0.957. The van der Waals surface area contributed by atoms with Crippen LogP contribution in [0.25, 0.3) is 0 Å². The maximum Gasteiger partial charge on any atom is 0.245 e. The predicted octanol–water partition coefficient (Wildman–Crippen LogP) is 2.33. The fraction of sp³-hybridized carbons (Fsp3) is 0.667. The number of sulfonamides is 1. The second-order valence-electron chi connectivity index (χ2n) is 4.95. The summed E-state index contributed by atoms with van der Waals surface area (Å²) >= 11 is 4.91. The number of hydrogen-bond acceptors (Lipinski definition) is 5. The van der Waals surface area contributed by atoms with Crippen LogP contribution in [0.4, 0.5) is 0 Å². The van der Waals surface area contributed by atoms with Crippen LogP contribution in [0.1, 0.15) is 25.0 Å². The van der Waals surface area contributed by atoms with Gasteiger partial charge < -0.3 is 9.73 Å². The lowest BCUT2D eigenvalue weighted by Crippen LogP contribution is -2.45. The molecule has 1 fully saturated rings. The Bertz CT molecular complexity index is 562. The van der Waals surface area contributed by atoms with Crippen molar-refractivity contribution in [3.05, 3.63) is 16.5 Å². The van der Waals surface area contributed by atoms with Gasteiger partial charge in [-0.2, -0.15) is 11.8 Å². The summed E-state index contributed by atoms with van der Waals surface area (Å²) in [5, 5.41) is 2.93. The molecule has 8 heteroatoms. The zero-order valence-corrected chi connectivity index (χ0v) is 14.8. The van der Waals surface area contributed by atoms with Crippen molar-refractivity contribution in [3.8, 4) is 0 Å². The van der Waals surface area contributed by atoms with Crippen molar-refractivity contribution in [2.24, 2.45) is 0 Å². The Labute approximate surface area is 132 Å². The quantitative estimate of drug-likeness (QED) is 0.756. The molecule has 0 bridgehead atoms. The van der Waals surface area contributed by atoms with E-state index in [9.17, 15) is 8.42 Å². The monoisotopic (exact) mass is 382 g/mol. The molecule has 1 saturated carbocycles. The minimum Gasteiger partial charge on any atom is -0.452 e. The first kappa shape index (κ1) is 16.4. The third-order valence-corrected chi connectivity index (χ3v) is 7.31. The van der Waals surface area contributed by atoms with Gasteiger partial charge in [0.25, 0.3) is 0 Å². The lowest BCUT2D eigenvalue weighted by molar-refractivity contribution is 0.361. The predicted molar refractivity (Wildman–Crippen MR) is 84.5 cm³/mol. The van der Waals surface area contributed by atoms with Crippen molar-refractivity contribution in [1.29, 1.82) is 0 Å². The normalized spacial score (nSPS) is 17.9. The van der Waals surface area contributed by atoms with E-state index in [1.165, 1.54) is 6.42 Å². The van der Waals surface area contributed by atoms with Gasteiger partial charge in [0.05, 0.1) is 6.54 Å². The lowest BCUT2D eigenvalue weighted by atomic mass is 9.84. The molecule has 0 spiro atoms. The molecule has 1 aromatic rings. The third-order valence-electron chi connectivity index (χ3n) is 3.63. The highest BCUT2D eigenvalue weighted by Crippen LogP contribution is 2.42. The molecule has 0 radical (unpaired) electrons. The van der Waals surface area contributed by atoms with E-state index < -0.39 is 10.0 Å². The zero-order chi connectivity index (χ0) is 14.8. The maximum atomic E-state index is 12.3. The van der Waals surface area contributed by atoms with Crippen molar-refractivity contribution in [1.82, 2.24) is 10.0 Å². The highest BCUT2D eigenvalue weighted by Gasteiger charge is 2.37. The standard InChI is InChI=1S/C12H19BrN2O3S2/c1-14-7-9-6-10(11(13)18-9)20(16,17)15-8-12(19-2)4-3-5-12/h6,14-15H,3-5,7-8H2,1-2H3. The van der Waals surface area contributed by atoms with Crippen LogP contribution < -0.4 is 10.0 Å². The maximum absolute atomic E-state index is 12.3. The second-order valence-corrected chi connectivity index (χ2v) is 8.68. The van der Waals surface area contributed by atoms with Gasteiger partial charge in [-0.05, 0) is 42.1 Å². The van der Waals surface area contributed by atoms with Gasteiger partial charge in [-0.25, -0.2) is 13.1 Å². The van der Waals surface area contributed by atoms with Crippen molar-refractivity contribution in [2.75, 3.05) is 19.8 Å². The van der Waals surface area contributed by atoms with Gasteiger partial charge in [0.2, 0.25) is 10.0 Å². The summed E-state index contributed by atoms with van der Waals surface area (Å²) in [5.41, 5.74) is 0. The Kier molecular flexibility index (Phi) is 5.23. The summed E-state index contributed by atoms with van der Waals surface area (Å²) in [7, 11) is -1.76. The minimum atomic E-state index is -3.54. The van der Waals surface area contributed by atoms with Crippen LogP contribution in [0.15, 0.2) is 20.0 Å². The topological polar surface area (TPSA) is 71.3 Å². The van der Waals surface area contributed by atoms with Crippen molar-refractivity contribution in [3.63, 3.8) is 0 Å². The van der Waals surface area contributed by atoms with Gasteiger partial charge in [-0.15, -0.1) is 0 Å². The Morgan fingerprint density at radius 1 is 1.50 bits per heavy atom. The molecule has 0 aliphatic heterocycles. The first-order valence-corrected chi connectivity index (χ1v) is 9.90. The average molecular weight is 383 g/mol. The van der Waals surface area contributed by atoms with Crippen LogP contribution in [0, 0.1) is 0 Å². The van der Waals surface area contributed by atoms with E-state index in [2.05, 4.69) is 26.0 Å². The molecule has 1 heterocycles. The molecule has 1 aromatic heterocycles. The van der Waals surface area contributed by atoms with Gasteiger partial charge in [0, 0.05) is 17.4 Å². The van der Waals surface area contributed by atoms with Gasteiger partial charge in [-0.1, -0.05) is 6.42 Å². The molecule has 5 nitrogen and oxygen atoms in total. The average Bonchev–Trinajstić information content (AvgIpc) is 2.71. The molecule has 0 unspecified atom stereocenters. The van der Waals surface area contributed by atoms with Crippen LogP contribution in [0.3, 0.4) is 0 Å². The number of rotatable bonds is 7. The molecular formula is C12H19BrN2O3S2. The summed E-state index contributed by atoms with van der Waals surface area (Å²) in [5.74, 6) is 0.586. The summed E-state index contributed by atoms with van der Waals surface area (Å²) < 4.78 is 33.1. The molecule has 20 heavy (non-hydrogen) atoms. The molecule has 0 atom stereocenters. The number of furan rings is 1. The van der Waals surface area contributed by atoms with E-state index in [-0.39, 0.29) is 14.3 Å². The Hall–Kier alpha value is -0.0200. The molecule has 2 rings (SSSR count). The molecule has 2 N–H and O–H groups in total. The van der Waals surface area contributed by atoms with Gasteiger partial charge in [-0.3, -0.25) is 0 Å². The summed E-state index contributed by atoms with van der Waals surface area (Å²) in [6, 6.07) is 1.55. The Balaban J connectivity index is 2.10. The number of halogens is 1. The fourth-order valence-corrected chi connectivity index (χ4v) is 5.30. The molecular weight excluding hydrogens is 364 g/mol. The molecule has 1 aliphatic rings. The van der Waals surface area contributed by atoms with Crippen LogP contribution in [-0.2, 0) is 16.6 Å². The van der Waals surface area contributed by atoms with E-state index in [1.807, 2.05) is 6.26 Å². The smallest absolute Gasteiger partial charge is 0.245 e. The van der Waals surface area contributed by atoms with Crippen LogP contribution in [0.5, 0.6) is 0 Å². The van der Waals surface area contributed by atoms with Gasteiger partial charge in [0.15, 0.2) is 4.67 Å². The Morgan fingerprint density at radius 2 is 2.20 bits per heavy atom. The van der Waals surface area contributed by atoms with Crippen molar-refractivity contribution in [2.45, 2.75) is 35.4 Å². The molecule has 0 aromatic carbocycles. The number of hydrogen-bond donors (Lipinski definition) is 2. The number of nitrogens with one attached hydrogen (secondary N) is 2. The molecule has 0 saturated heterocycles. The van der Waals surface area contributed by atoms with E-state index in [1.54, 1.807) is 24.9 Å². The molecule has 114 valence electrons. The minimum absolute atomic E-state index is 0.0666. The van der Waals surface area contributed by atoms with Crippen molar-refractivity contribution < 1.29 is 12.8 Å². The van der Waals surface area contributed by atoms with Gasteiger partial charge >= 0.3 is 0 Å². The second kappa shape index (κ2) is 6.39. The fourth-order valence-electron chi connectivity index (χ4n) is 2.17. The Morgan fingerprint density at radius 3 is 2.70 bits per heavy atom. The van der Waals surface area contributed by atoms with E-state index in [0.29, 0.717) is 18.8 Å². The van der Waals surface area contributed by atoms with Crippen LogP contribution >= 0.6 is 27.7 Å². The van der Waals surface area contributed by atoms with Crippen LogP contribution in [0.2, 0.25) is 0 Å². The SMILES string of the molecule is CNCc1cc(S(=O)(=O)NCC2(SC)CCC2)c(Br)o1. The largest absolute Gasteiger partial charge is 0.452 e. The first-order valence-electron chi connectivity index (χ1n) is 6.40. The van der Waals surface area contributed by atoms with Gasteiger partial charge in [0.1, 0.15) is 10.7 Å². The summed E-state index contributed by atoms with van der Waals surface area (Å²) in [6.07, 6.45) is 5.33. The third kappa shape index (κ3) is 3.41. The van der Waals surface area contributed by atoms with E-state index >= 15 is 0 Å². The molecule has 0 amide bonds. The van der Waals surface area contributed by atoms with E-state index in [4.69, 9.17) is 4.42 Å². The van der Waals surface area contributed by atoms with Crippen molar-refractivity contribution >= 4 is 37.7 Å². The molecule has 1 aliphatic carbocycles. The lowest BCUT2D eigenvalue weighted by Gasteiger charge is -2.40. The number of thioether (sulfide) groups is 1. The van der Waals surface area contributed by atoms with E-state index in [0.717, 1.165) is 12.8 Å². The first-order chi connectivity index (χ1) is 9.42. The summed E-state index contributed by atoms with van der Waals surface area (Å²) in [4.78, 5) is 0.165.